The molecule has 0 aromatic carbocycles. The van der Waals surface area contributed by atoms with Crippen molar-refractivity contribution in [1.82, 2.24) is 10.2 Å². The van der Waals surface area contributed by atoms with Gasteiger partial charge in [0.15, 0.2) is 0 Å². The van der Waals surface area contributed by atoms with E-state index in [2.05, 4.69) is 26.1 Å². The van der Waals surface area contributed by atoms with E-state index >= 15 is 0 Å². The molecule has 0 aromatic heterocycles. The molecule has 1 aliphatic rings. The third-order valence-electron chi connectivity index (χ3n) is 3.73. The van der Waals surface area contributed by atoms with Crippen molar-refractivity contribution in [2.75, 3.05) is 6.54 Å². The maximum atomic E-state index is 12.4. The minimum absolute atomic E-state index is 0.0106. The maximum Gasteiger partial charge on any atom is 0.245 e. The molecule has 1 rings (SSSR count). The topological polar surface area (TPSA) is 49.4 Å². The van der Waals surface area contributed by atoms with E-state index in [0.29, 0.717) is 18.9 Å². The molecule has 3 atom stereocenters. The van der Waals surface area contributed by atoms with Crippen LogP contribution in [0.4, 0.5) is 0 Å². The highest BCUT2D eigenvalue weighted by Gasteiger charge is 2.41. The normalized spacial score (nSPS) is 26.4. The van der Waals surface area contributed by atoms with Gasteiger partial charge in [0.25, 0.3) is 0 Å². The molecule has 4 heteroatoms. The summed E-state index contributed by atoms with van der Waals surface area (Å²) in [5, 5.41) is 2.90. The summed E-state index contributed by atoms with van der Waals surface area (Å²) in [6, 6.07) is -0.631. The summed E-state index contributed by atoms with van der Waals surface area (Å²) >= 11 is 0. The molecule has 0 spiro atoms. The van der Waals surface area contributed by atoms with Crippen molar-refractivity contribution in [3.05, 3.63) is 0 Å². The highest BCUT2D eigenvalue weighted by molar-refractivity contribution is 5.97. The molecule has 1 heterocycles. The van der Waals surface area contributed by atoms with Gasteiger partial charge in [-0.15, -0.1) is 0 Å². The summed E-state index contributed by atoms with van der Waals surface area (Å²) in [6.07, 6.45) is 1.62. The van der Waals surface area contributed by atoms with Crippen molar-refractivity contribution >= 4 is 11.8 Å². The van der Waals surface area contributed by atoms with Crippen LogP contribution in [-0.2, 0) is 9.59 Å². The Balaban J connectivity index is 2.89. The van der Waals surface area contributed by atoms with E-state index < -0.39 is 0 Å². The van der Waals surface area contributed by atoms with E-state index in [0.717, 1.165) is 6.42 Å². The number of hydrogen-bond acceptors (Lipinski definition) is 2. The molecular weight excluding hydrogens is 228 g/mol. The van der Waals surface area contributed by atoms with Crippen LogP contribution in [0.15, 0.2) is 0 Å². The lowest BCUT2D eigenvalue weighted by atomic mass is 9.91. The molecule has 1 aliphatic heterocycles. The zero-order chi connectivity index (χ0) is 13.9. The summed E-state index contributed by atoms with van der Waals surface area (Å²) < 4.78 is 0. The average molecular weight is 254 g/mol. The summed E-state index contributed by atoms with van der Waals surface area (Å²) in [4.78, 5) is 26.3. The van der Waals surface area contributed by atoms with Crippen LogP contribution in [-0.4, -0.2) is 35.3 Å². The predicted octanol–water partition coefficient (Wildman–Crippen LogP) is 1.79. The highest BCUT2D eigenvalue weighted by Crippen LogP contribution is 2.22. The minimum atomic E-state index is -0.335. The number of rotatable bonds is 5. The van der Waals surface area contributed by atoms with E-state index in [1.807, 2.05) is 13.8 Å². The Labute approximate surface area is 110 Å². The molecule has 0 aromatic rings. The first-order chi connectivity index (χ1) is 8.42. The molecule has 104 valence electrons. The Morgan fingerprint density at radius 3 is 2.28 bits per heavy atom. The standard InChI is InChI=1S/C14H26N2O2/c1-6-10(5)12-13(17)15-11(8-9(3)4)14(18)16(12)7-2/h9-12H,6-8H2,1-5H3,(H,15,17). The second-order valence-corrected chi connectivity index (χ2v) is 5.65. The number of piperazine rings is 1. The second kappa shape index (κ2) is 6.21. The first kappa shape index (κ1) is 15.0. The zero-order valence-corrected chi connectivity index (χ0v) is 12.2. The van der Waals surface area contributed by atoms with Crippen LogP contribution in [0.25, 0.3) is 0 Å². The lowest BCUT2D eigenvalue weighted by Gasteiger charge is -2.41. The SMILES string of the molecule is CCC(C)C1C(=O)NC(CC(C)C)C(=O)N1CC. The van der Waals surface area contributed by atoms with Crippen LogP contribution < -0.4 is 5.32 Å². The summed E-state index contributed by atoms with van der Waals surface area (Å²) in [5.41, 5.74) is 0. The Morgan fingerprint density at radius 2 is 1.83 bits per heavy atom. The fourth-order valence-electron chi connectivity index (χ4n) is 2.57. The smallest absolute Gasteiger partial charge is 0.245 e. The van der Waals surface area contributed by atoms with Crippen LogP contribution in [0.3, 0.4) is 0 Å². The molecule has 0 saturated carbocycles. The maximum absolute atomic E-state index is 12.4. The van der Waals surface area contributed by atoms with Gasteiger partial charge in [0, 0.05) is 6.54 Å². The monoisotopic (exact) mass is 254 g/mol. The van der Waals surface area contributed by atoms with Gasteiger partial charge in [-0.3, -0.25) is 9.59 Å². The number of nitrogens with one attached hydrogen (secondary N) is 1. The zero-order valence-electron chi connectivity index (χ0n) is 12.2. The Morgan fingerprint density at radius 1 is 1.22 bits per heavy atom. The van der Waals surface area contributed by atoms with Crippen LogP contribution >= 0.6 is 0 Å². The van der Waals surface area contributed by atoms with Gasteiger partial charge in [0.1, 0.15) is 12.1 Å². The summed E-state index contributed by atoms with van der Waals surface area (Å²) in [7, 11) is 0. The van der Waals surface area contributed by atoms with Gasteiger partial charge in [-0.05, 0) is 25.2 Å². The van der Waals surface area contributed by atoms with Gasteiger partial charge in [-0.25, -0.2) is 0 Å². The average Bonchev–Trinajstić information content (AvgIpc) is 2.31. The largest absolute Gasteiger partial charge is 0.342 e. The van der Waals surface area contributed by atoms with E-state index in [1.54, 1.807) is 4.90 Å². The Kier molecular flexibility index (Phi) is 5.17. The van der Waals surface area contributed by atoms with Gasteiger partial charge in [-0.1, -0.05) is 34.1 Å². The number of amides is 2. The fraction of sp³-hybridized carbons (Fsp3) is 0.857. The van der Waals surface area contributed by atoms with Gasteiger partial charge in [0.05, 0.1) is 0 Å². The molecular formula is C14H26N2O2. The second-order valence-electron chi connectivity index (χ2n) is 5.65. The predicted molar refractivity (Wildman–Crippen MR) is 72.0 cm³/mol. The molecule has 1 N–H and O–H groups in total. The van der Waals surface area contributed by atoms with Crippen molar-refractivity contribution in [3.63, 3.8) is 0 Å². The van der Waals surface area contributed by atoms with Crippen molar-refractivity contribution < 1.29 is 9.59 Å². The van der Waals surface area contributed by atoms with E-state index in [9.17, 15) is 9.59 Å². The summed E-state index contributed by atoms with van der Waals surface area (Å²) in [6.45, 7) is 10.8. The van der Waals surface area contributed by atoms with E-state index in [-0.39, 0.29) is 29.8 Å². The molecule has 18 heavy (non-hydrogen) atoms. The number of likely N-dealkylation sites (N-methyl/N-ethyl adjacent to an activating group) is 1. The van der Waals surface area contributed by atoms with Crippen molar-refractivity contribution in [3.8, 4) is 0 Å². The lowest BCUT2D eigenvalue weighted by Crippen LogP contribution is -2.65. The minimum Gasteiger partial charge on any atom is -0.342 e. The highest BCUT2D eigenvalue weighted by atomic mass is 16.2. The third-order valence-corrected chi connectivity index (χ3v) is 3.73. The molecule has 0 bridgehead atoms. The van der Waals surface area contributed by atoms with E-state index in [4.69, 9.17) is 0 Å². The molecule has 0 aliphatic carbocycles. The quantitative estimate of drug-likeness (QED) is 0.813. The molecule has 2 amide bonds. The van der Waals surface area contributed by atoms with Crippen LogP contribution in [0.1, 0.15) is 47.5 Å². The fourth-order valence-corrected chi connectivity index (χ4v) is 2.57. The number of carbonyl (C=O) groups is 2. The van der Waals surface area contributed by atoms with Gasteiger partial charge >= 0.3 is 0 Å². The number of nitrogens with zero attached hydrogens (tertiary/aromatic N) is 1. The molecule has 4 nitrogen and oxygen atoms in total. The van der Waals surface area contributed by atoms with Crippen molar-refractivity contribution in [2.24, 2.45) is 11.8 Å². The Bertz CT molecular complexity index is 315. The molecule has 1 fully saturated rings. The van der Waals surface area contributed by atoms with Crippen LogP contribution in [0.2, 0.25) is 0 Å². The first-order valence-electron chi connectivity index (χ1n) is 7.03. The van der Waals surface area contributed by atoms with Gasteiger partial charge in [0.2, 0.25) is 11.8 Å². The number of carbonyl (C=O) groups excluding carboxylic acids is 2. The summed E-state index contributed by atoms with van der Waals surface area (Å²) in [5.74, 6) is 0.694. The Hall–Kier alpha value is -1.06. The van der Waals surface area contributed by atoms with E-state index in [1.165, 1.54) is 0 Å². The number of hydrogen-bond donors (Lipinski definition) is 1. The van der Waals surface area contributed by atoms with Crippen molar-refractivity contribution in [1.29, 1.82) is 0 Å². The molecule has 3 unspecified atom stereocenters. The molecule has 0 radical (unpaired) electrons. The van der Waals surface area contributed by atoms with Crippen LogP contribution in [0, 0.1) is 11.8 Å². The lowest BCUT2D eigenvalue weighted by molar-refractivity contribution is -0.151. The van der Waals surface area contributed by atoms with Crippen LogP contribution in [0.5, 0.6) is 0 Å². The molecule has 1 saturated heterocycles. The van der Waals surface area contributed by atoms with Crippen molar-refractivity contribution in [2.45, 2.75) is 59.5 Å². The van der Waals surface area contributed by atoms with Gasteiger partial charge < -0.3 is 10.2 Å². The third kappa shape index (κ3) is 3.03. The first-order valence-corrected chi connectivity index (χ1v) is 7.03. The van der Waals surface area contributed by atoms with Gasteiger partial charge in [-0.2, -0.15) is 0 Å².